The van der Waals surface area contributed by atoms with Gasteiger partial charge < -0.3 is 25.7 Å². The van der Waals surface area contributed by atoms with Crippen LogP contribution < -0.4 is 16.4 Å². The number of ether oxygens (including phenoxy) is 1. The van der Waals surface area contributed by atoms with Crippen LogP contribution in [0.15, 0.2) is 48.5 Å². The first-order valence-corrected chi connectivity index (χ1v) is 13.0. The Bertz CT molecular complexity index is 1440. The van der Waals surface area contributed by atoms with E-state index in [1.807, 2.05) is 42.5 Å². The highest BCUT2D eigenvalue weighted by Gasteiger charge is 2.18. The topological polar surface area (TPSA) is 124 Å². The summed E-state index contributed by atoms with van der Waals surface area (Å²) in [7, 11) is 0. The summed E-state index contributed by atoms with van der Waals surface area (Å²) in [6, 6.07) is 15.7. The Balaban J connectivity index is 1.47. The van der Waals surface area contributed by atoms with Gasteiger partial charge in [-0.1, -0.05) is 43.7 Å². The van der Waals surface area contributed by atoms with Gasteiger partial charge in [0, 0.05) is 37.0 Å². The highest BCUT2D eigenvalue weighted by atomic mass is 16.6. The van der Waals surface area contributed by atoms with Crippen LogP contribution in [0.25, 0.3) is 21.9 Å². The fourth-order valence-corrected chi connectivity index (χ4v) is 4.29. The zero-order valence-corrected chi connectivity index (χ0v) is 22.5. The number of amides is 2. The third-order valence-electron chi connectivity index (χ3n) is 6.04. The summed E-state index contributed by atoms with van der Waals surface area (Å²) in [4.78, 5) is 33.5. The minimum absolute atomic E-state index is 0.144. The quantitative estimate of drug-likeness (QED) is 0.273. The molecule has 4 rings (SSSR count). The standard InChI is InChI=1S/C29H36N6O3/c1-5-6-11-23-34-25-26(21-9-7-8-10-22(21)33-27(25)30)35(23)18-19-12-14-20(15-13-19)32-24(36)16-17-31-28(37)38-29(2,3)4/h7-10,12-15H,5-6,11,16-18H2,1-4H3,(H2,30,33)(H,31,37)(H,32,36). The molecule has 4 aromatic rings. The van der Waals surface area contributed by atoms with Crippen molar-refractivity contribution in [3.05, 3.63) is 59.9 Å². The van der Waals surface area contributed by atoms with Gasteiger partial charge in [0.05, 0.1) is 11.0 Å². The number of hydrogen-bond acceptors (Lipinski definition) is 6. The van der Waals surface area contributed by atoms with Crippen molar-refractivity contribution < 1.29 is 14.3 Å². The van der Waals surface area contributed by atoms with Crippen LogP contribution in [0.5, 0.6) is 0 Å². The number of para-hydroxylation sites is 1. The molecule has 0 spiro atoms. The van der Waals surface area contributed by atoms with Gasteiger partial charge in [0.1, 0.15) is 16.9 Å². The second-order valence-electron chi connectivity index (χ2n) is 10.4. The van der Waals surface area contributed by atoms with E-state index in [0.29, 0.717) is 18.1 Å². The molecule has 0 fully saturated rings. The third-order valence-corrected chi connectivity index (χ3v) is 6.04. The van der Waals surface area contributed by atoms with Crippen molar-refractivity contribution in [1.82, 2.24) is 19.9 Å². The third kappa shape index (κ3) is 6.59. The lowest BCUT2D eigenvalue weighted by atomic mass is 10.1. The van der Waals surface area contributed by atoms with Crippen molar-refractivity contribution in [3.63, 3.8) is 0 Å². The van der Waals surface area contributed by atoms with E-state index in [0.717, 1.165) is 52.6 Å². The Morgan fingerprint density at radius 1 is 1.05 bits per heavy atom. The number of carbonyl (C=O) groups is 2. The molecule has 0 saturated carbocycles. The van der Waals surface area contributed by atoms with Crippen LogP contribution in [0.4, 0.5) is 16.3 Å². The van der Waals surface area contributed by atoms with Crippen molar-refractivity contribution in [2.45, 2.75) is 65.5 Å². The highest BCUT2D eigenvalue weighted by Crippen LogP contribution is 2.30. The first-order chi connectivity index (χ1) is 18.1. The first kappa shape index (κ1) is 26.9. The zero-order valence-electron chi connectivity index (χ0n) is 22.5. The molecule has 2 amide bonds. The average Bonchev–Trinajstić information content (AvgIpc) is 3.22. The summed E-state index contributed by atoms with van der Waals surface area (Å²) in [6.07, 6.45) is 2.56. The van der Waals surface area contributed by atoms with Crippen molar-refractivity contribution in [1.29, 1.82) is 0 Å². The van der Waals surface area contributed by atoms with E-state index in [-0.39, 0.29) is 18.9 Å². The molecular weight excluding hydrogens is 480 g/mol. The minimum Gasteiger partial charge on any atom is -0.444 e. The highest BCUT2D eigenvalue weighted by molar-refractivity contribution is 6.06. The van der Waals surface area contributed by atoms with Crippen LogP contribution in [0.1, 0.15) is 58.3 Å². The number of nitrogen functional groups attached to an aromatic ring is 1. The Morgan fingerprint density at radius 3 is 2.50 bits per heavy atom. The Kier molecular flexibility index (Phi) is 8.14. The molecule has 200 valence electrons. The van der Waals surface area contributed by atoms with Gasteiger partial charge in [-0.15, -0.1) is 0 Å². The maximum Gasteiger partial charge on any atom is 0.407 e. The fraction of sp³-hybridized carbons (Fsp3) is 0.379. The molecule has 0 unspecified atom stereocenters. The molecule has 0 aliphatic carbocycles. The van der Waals surface area contributed by atoms with Gasteiger partial charge in [0.15, 0.2) is 5.82 Å². The Morgan fingerprint density at radius 2 is 1.79 bits per heavy atom. The summed E-state index contributed by atoms with van der Waals surface area (Å²) in [5.74, 6) is 1.24. The number of rotatable bonds is 9. The molecule has 4 N–H and O–H groups in total. The van der Waals surface area contributed by atoms with Crippen molar-refractivity contribution >= 4 is 45.4 Å². The van der Waals surface area contributed by atoms with E-state index in [2.05, 4.69) is 33.2 Å². The maximum absolute atomic E-state index is 12.3. The lowest BCUT2D eigenvalue weighted by molar-refractivity contribution is -0.116. The number of nitrogens with two attached hydrogens (primary N) is 1. The van der Waals surface area contributed by atoms with E-state index in [4.69, 9.17) is 15.5 Å². The smallest absolute Gasteiger partial charge is 0.407 e. The van der Waals surface area contributed by atoms with Gasteiger partial charge in [0.25, 0.3) is 0 Å². The number of imidazole rings is 1. The number of hydrogen-bond donors (Lipinski definition) is 3. The number of fused-ring (bicyclic) bond motifs is 3. The summed E-state index contributed by atoms with van der Waals surface area (Å²) in [5.41, 5.74) is 10.1. The summed E-state index contributed by atoms with van der Waals surface area (Å²) >= 11 is 0. The van der Waals surface area contributed by atoms with Gasteiger partial charge in [-0.05, 0) is 51.0 Å². The SMILES string of the molecule is CCCCc1nc2c(N)nc3ccccc3c2n1Cc1ccc(NC(=O)CCNC(=O)OC(C)(C)C)cc1. The molecule has 0 aliphatic heterocycles. The summed E-state index contributed by atoms with van der Waals surface area (Å²) in [6.45, 7) is 8.35. The molecule has 0 saturated heterocycles. The number of unbranched alkanes of at least 4 members (excludes halogenated alkanes) is 1. The minimum atomic E-state index is -0.579. The molecule has 0 atom stereocenters. The molecular formula is C29H36N6O3. The van der Waals surface area contributed by atoms with Crippen LogP contribution in [0.3, 0.4) is 0 Å². The van der Waals surface area contributed by atoms with E-state index < -0.39 is 11.7 Å². The molecule has 9 nitrogen and oxygen atoms in total. The molecule has 2 aromatic carbocycles. The van der Waals surface area contributed by atoms with Crippen LogP contribution in [-0.2, 0) is 22.5 Å². The number of aryl methyl sites for hydroxylation is 1. The fourth-order valence-electron chi connectivity index (χ4n) is 4.29. The molecule has 2 aromatic heterocycles. The van der Waals surface area contributed by atoms with Crippen LogP contribution in [-0.4, -0.2) is 38.7 Å². The molecule has 0 bridgehead atoms. The number of alkyl carbamates (subject to hydrolysis) is 1. The van der Waals surface area contributed by atoms with Gasteiger partial charge in [-0.2, -0.15) is 0 Å². The predicted octanol–water partition coefficient (Wildman–Crippen LogP) is 5.41. The number of aromatic nitrogens is 3. The monoisotopic (exact) mass is 516 g/mol. The van der Waals surface area contributed by atoms with E-state index in [9.17, 15) is 9.59 Å². The van der Waals surface area contributed by atoms with Gasteiger partial charge in [-0.25, -0.2) is 14.8 Å². The molecule has 38 heavy (non-hydrogen) atoms. The number of carbonyl (C=O) groups excluding carboxylic acids is 2. The lowest BCUT2D eigenvalue weighted by Crippen LogP contribution is -2.34. The molecule has 9 heteroatoms. The normalized spacial score (nSPS) is 11.6. The van der Waals surface area contributed by atoms with Gasteiger partial charge in [0.2, 0.25) is 5.91 Å². The second kappa shape index (κ2) is 11.5. The number of anilines is 2. The van der Waals surface area contributed by atoms with Crippen LogP contribution in [0, 0.1) is 0 Å². The second-order valence-corrected chi connectivity index (χ2v) is 10.4. The van der Waals surface area contributed by atoms with E-state index >= 15 is 0 Å². The van der Waals surface area contributed by atoms with Crippen LogP contribution in [0.2, 0.25) is 0 Å². The molecule has 0 radical (unpaired) electrons. The number of benzene rings is 2. The summed E-state index contributed by atoms with van der Waals surface area (Å²) < 4.78 is 7.42. The largest absolute Gasteiger partial charge is 0.444 e. The number of nitrogens with zero attached hydrogens (tertiary/aromatic N) is 3. The summed E-state index contributed by atoms with van der Waals surface area (Å²) in [5, 5.41) is 6.50. The van der Waals surface area contributed by atoms with E-state index in [1.165, 1.54) is 0 Å². The van der Waals surface area contributed by atoms with Crippen molar-refractivity contribution in [2.24, 2.45) is 0 Å². The van der Waals surface area contributed by atoms with Crippen LogP contribution >= 0.6 is 0 Å². The zero-order chi connectivity index (χ0) is 27.3. The predicted molar refractivity (Wildman–Crippen MR) is 151 cm³/mol. The average molecular weight is 517 g/mol. The van der Waals surface area contributed by atoms with Crippen molar-refractivity contribution in [3.8, 4) is 0 Å². The Hall–Kier alpha value is -4.14. The first-order valence-electron chi connectivity index (χ1n) is 13.0. The number of nitrogens with one attached hydrogen (secondary N) is 2. The molecule has 0 aliphatic rings. The van der Waals surface area contributed by atoms with Gasteiger partial charge in [-0.3, -0.25) is 4.79 Å². The lowest BCUT2D eigenvalue weighted by Gasteiger charge is -2.19. The molecule has 2 heterocycles. The maximum atomic E-state index is 12.3. The number of pyridine rings is 1. The van der Waals surface area contributed by atoms with E-state index in [1.54, 1.807) is 20.8 Å². The Labute approximate surface area is 222 Å². The van der Waals surface area contributed by atoms with Gasteiger partial charge >= 0.3 is 6.09 Å². The van der Waals surface area contributed by atoms with Crippen molar-refractivity contribution in [2.75, 3.05) is 17.6 Å².